The van der Waals surface area contributed by atoms with Crippen LogP contribution < -0.4 is 0 Å². The third-order valence-corrected chi connectivity index (χ3v) is 4.81. The molecule has 2 atom stereocenters. The molecule has 1 saturated heterocycles. The molecule has 1 aliphatic heterocycles. The summed E-state index contributed by atoms with van der Waals surface area (Å²) in [6, 6.07) is 0.666. The second-order valence-electron chi connectivity index (χ2n) is 7.58. The minimum absolute atomic E-state index is 0.370. The fourth-order valence-corrected chi connectivity index (χ4v) is 3.80. The highest BCUT2D eigenvalue weighted by atomic mass is 15.2. The number of likely N-dealkylation sites (tertiary alicyclic amines) is 1. The molecule has 0 radical (unpaired) electrons. The van der Waals surface area contributed by atoms with Gasteiger partial charge in [0.2, 0.25) is 0 Å². The molecule has 0 spiro atoms. The zero-order valence-corrected chi connectivity index (χ0v) is 13.2. The van der Waals surface area contributed by atoms with Crippen LogP contribution in [0.1, 0.15) is 61.8 Å². The maximum Gasteiger partial charge on any atom is 0.0158 e. The van der Waals surface area contributed by atoms with E-state index in [1.165, 1.54) is 13.0 Å². The topological polar surface area (TPSA) is 3.24 Å². The molecular formula is C16H33N. The fraction of sp³-hybridized carbons (Fsp3) is 1.00. The van der Waals surface area contributed by atoms with Crippen molar-refractivity contribution >= 4 is 0 Å². The summed E-state index contributed by atoms with van der Waals surface area (Å²) in [7, 11) is 0. The van der Waals surface area contributed by atoms with E-state index < -0.39 is 0 Å². The van der Waals surface area contributed by atoms with Crippen LogP contribution in [0.15, 0.2) is 0 Å². The molecule has 1 nitrogen and oxygen atoms in total. The molecule has 0 aromatic carbocycles. The first-order chi connectivity index (χ1) is 7.66. The van der Waals surface area contributed by atoms with Crippen molar-refractivity contribution in [2.45, 2.75) is 73.4 Å². The average Bonchev–Trinajstić information content (AvgIpc) is 2.14. The first kappa shape index (κ1) is 15.0. The summed E-state index contributed by atoms with van der Waals surface area (Å²) < 4.78 is 0. The number of nitrogens with zero attached hydrogens (tertiary/aromatic N) is 1. The molecule has 0 aromatic rings. The smallest absolute Gasteiger partial charge is 0.0158 e. The van der Waals surface area contributed by atoms with E-state index in [1.807, 2.05) is 0 Å². The summed E-state index contributed by atoms with van der Waals surface area (Å²) in [4.78, 5) is 2.72. The van der Waals surface area contributed by atoms with Gasteiger partial charge in [-0.3, -0.25) is 4.90 Å². The second kappa shape index (κ2) is 5.30. The van der Waals surface area contributed by atoms with E-state index in [0.29, 0.717) is 11.6 Å². The van der Waals surface area contributed by atoms with Crippen LogP contribution in [0.4, 0.5) is 0 Å². The summed E-state index contributed by atoms with van der Waals surface area (Å²) >= 11 is 0. The van der Waals surface area contributed by atoms with Gasteiger partial charge in [0.25, 0.3) is 0 Å². The van der Waals surface area contributed by atoms with E-state index in [2.05, 4.69) is 60.3 Å². The predicted octanol–water partition coefficient (Wildman–Crippen LogP) is 4.42. The molecule has 0 aromatic heterocycles. The molecule has 17 heavy (non-hydrogen) atoms. The first-order valence-corrected chi connectivity index (χ1v) is 7.43. The van der Waals surface area contributed by atoms with Gasteiger partial charge in [0.05, 0.1) is 0 Å². The molecule has 1 fully saturated rings. The van der Waals surface area contributed by atoms with Gasteiger partial charge in [-0.15, -0.1) is 0 Å². The number of piperidine rings is 1. The largest absolute Gasteiger partial charge is 0.296 e. The SMILES string of the molecule is CC(C)C1CN(C(C)C)C(C)(C)CC1C(C)C. The van der Waals surface area contributed by atoms with Gasteiger partial charge in [-0.1, -0.05) is 27.7 Å². The lowest BCUT2D eigenvalue weighted by Crippen LogP contribution is -2.57. The highest BCUT2D eigenvalue weighted by Crippen LogP contribution is 2.42. The highest BCUT2D eigenvalue weighted by Gasteiger charge is 2.42. The molecule has 1 aliphatic rings. The summed E-state index contributed by atoms with van der Waals surface area (Å²) in [5.74, 6) is 3.38. The lowest BCUT2D eigenvalue weighted by molar-refractivity contribution is -0.0417. The minimum Gasteiger partial charge on any atom is -0.296 e. The molecule has 1 rings (SSSR count). The van der Waals surface area contributed by atoms with Gasteiger partial charge >= 0.3 is 0 Å². The third-order valence-electron chi connectivity index (χ3n) is 4.81. The van der Waals surface area contributed by atoms with Crippen molar-refractivity contribution in [1.82, 2.24) is 4.90 Å². The van der Waals surface area contributed by atoms with Crippen LogP contribution in [0.25, 0.3) is 0 Å². The van der Waals surface area contributed by atoms with Crippen molar-refractivity contribution in [2.24, 2.45) is 23.7 Å². The van der Waals surface area contributed by atoms with Crippen LogP contribution in [0.2, 0.25) is 0 Å². The number of hydrogen-bond donors (Lipinski definition) is 0. The molecule has 102 valence electrons. The lowest BCUT2D eigenvalue weighted by Gasteiger charge is -2.53. The Morgan fingerprint density at radius 3 is 1.71 bits per heavy atom. The number of hydrogen-bond acceptors (Lipinski definition) is 1. The second-order valence-corrected chi connectivity index (χ2v) is 7.58. The maximum absolute atomic E-state index is 2.72. The van der Waals surface area contributed by atoms with Crippen LogP contribution in [-0.2, 0) is 0 Å². The zero-order valence-electron chi connectivity index (χ0n) is 13.2. The van der Waals surface area contributed by atoms with Crippen molar-refractivity contribution in [3.63, 3.8) is 0 Å². The molecular weight excluding hydrogens is 206 g/mol. The van der Waals surface area contributed by atoms with Crippen LogP contribution in [0.3, 0.4) is 0 Å². The van der Waals surface area contributed by atoms with Crippen molar-refractivity contribution in [3.05, 3.63) is 0 Å². The number of rotatable bonds is 3. The molecule has 0 N–H and O–H groups in total. The van der Waals surface area contributed by atoms with E-state index >= 15 is 0 Å². The van der Waals surface area contributed by atoms with Crippen LogP contribution in [-0.4, -0.2) is 23.0 Å². The Kier molecular flexibility index (Phi) is 4.68. The van der Waals surface area contributed by atoms with Gasteiger partial charge in [0.15, 0.2) is 0 Å². The molecule has 0 aliphatic carbocycles. The summed E-state index contributed by atoms with van der Waals surface area (Å²) in [6.45, 7) is 20.4. The molecule has 1 heteroatoms. The standard InChI is InChI=1S/C16H33N/c1-11(2)14-9-16(7,8)17(13(5)6)10-15(14)12(3)4/h11-15H,9-10H2,1-8H3. The highest BCUT2D eigenvalue weighted by molar-refractivity contribution is 4.96. The van der Waals surface area contributed by atoms with Gasteiger partial charge in [0, 0.05) is 18.1 Å². The average molecular weight is 239 g/mol. The van der Waals surface area contributed by atoms with Crippen LogP contribution in [0, 0.1) is 23.7 Å². The Morgan fingerprint density at radius 2 is 1.35 bits per heavy atom. The Hall–Kier alpha value is -0.0400. The quantitative estimate of drug-likeness (QED) is 0.704. The molecule has 2 unspecified atom stereocenters. The van der Waals surface area contributed by atoms with Crippen molar-refractivity contribution in [3.8, 4) is 0 Å². The van der Waals surface area contributed by atoms with E-state index in [-0.39, 0.29) is 0 Å². The van der Waals surface area contributed by atoms with Crippen LogP contribution in [0.5, 0.6) is 0 Å². The predicted molar refractivity (Wildman–Crippen MR) is 77.2 cm³/mol. The van der Waals surface area contributed by atoms with Crippen LogP contribution >= 0.6 is 0 Å². The zero-order chi connectivity index (χ0) is 13.4. The molecule has 1 heterocycles. The van der Waals surface area contributed by atoms with E-state index in [1.54, 1.807) is 0 Å². The Morgan fingerprint density at radius 1 is 0.882 bits per heavy atom. The van der Waals surface area contributed by atoms with E-state index in [0.717, 1.165) is 23.7 Å². The van der Waals surface area contributed by atoms with Gasteiger partial charge in [-0.05, 0) is 57.8 Å². The lowest BCUT2D eigenvalue weighted by atomic mass is 9.67. The molecule has 0 bridgehead atoms. The van der Waals surface area contributed by atoms with E-state index in [4.69, 9.17) is 0 Å². The minimum atomic E-state index is 0.370. The summed E-state index contributed by atoms with van der Waals surface area (Å²) in [6.07, 6.45) is 1.35. The first-order valence-electron chi connectivity index (χ1n) is 7.43. The Bertz CT molecular complexity index is 240. The van der Waals surface area contributed by atoms with Gasteiger partial charge in [-0.2, -0.15) is 0 Å². The Labute approximate surface area is 109 Å². The Balaban J connectivity index is 2.92. The van der Waals surface area contributed by atoms with Gasteiger partial charge in [-0.25, -0.2) is 0 Å². The maximum atomic E-state index is 2.72. The fourth-order valence-electron chi connectivity index (χ4n) is 3.80. The summed E-state index contributed by atoms with van der Waals surface area (Å²) in [5, 5.41) is 0. The van der Waals surface area contributed by atoms with Gasteiger partial charge < -0.3 is 0 Å². The molecule has 0 saturated carbocycles. The monoisotopic (exact) mass is 239 g/mol. The van der Waals surface area contributed by atoms with Crippen molar-refractivity contribution in [1.29, 1.82) is 0 Å². The van der Waals surface area contributed by atoms with Gasteiger partial charge in [0.1, 0.15) is 0 Å². The van der Waals surface area contributed by atoms with E-state index in [9.17, 15) is 0 Å². The van der Waals surface area contributed by atoms with Crippen molar-refractivity contribution < 1.29 is 0 Å². The third kappa shape index (κ3) is 3.24. The van der Waals surface area contributed by atoms with Crippen molar-refractivity contribution in [2.75, 3.05) is 6.54 Å². The summed E-state index contributed by atoms with van der Waals surface area (Å²) in [5.41, 5.74) is 0.370. The molecule has 0 amide bonds. The normalized spacial score (nSPS) is 30.5.